The van der Waals surface area contributed by atoms with Gasteiger partial charge in [0.15, 0.2) is 5.16 Å². The average molecular weight is 414 g/mol. The van der Waals surface area contributed by atoms with E-state index in [4.69, 9.17) is 4.42 Å². The third kappa shape index (κ3) is 5.47. The van der Waals surface area contributed by atoms with Gasteiger partial charge < -0.3 is 15.1 Å². The van der Waals surface area contributed by atoms with Crippen molar-refractivity contribution in [3.05, 3.63) is 60.3 Å². The fourth-order valence-corrected chi connectivity index (χ4v) is 3.49. The Morgan fingerprint density at radius 3 is 2.83 bits per heavy atom. The van der Waals surface area contributed by atoms with Gasteiger partial charge in [-0.05, 0) is 37.1 Å². The Balaban J connectivity index is 1.52. The Labute approximate surface area is 173 Å². The summed E-state index contributed by atoms with van der Waals surface area (Å²) in [6.45, 7) is 4.00. The van der Waals surface area contributed by atoms with Crippen molar-refractivity contribution < 1.29 is 14.0 Å². The van der Waals surface area contributed by atoms with Crippen LogP contribution < -0.4 is 10.6 Å². The minimum Gasteiger partial charge on any atom is -0.467 e. The molecule has 2 aromatic heterocycles. The summed E-state index contributed by atoms with van der Waals surface area (Å²) in [6, 6.07) is 10.9. The van der Waals surface area contributed by atoms with Crippen molar-refractivity contribution in [2.45, 2.75) is 38.0 Å². The van der Waals surface area contributed by atoms with Crippen LogP contribution in [0.15, 0.2) is 58.6 Å². The molecule has 9 heteroatoms. The summed E-state index contributed by atoms with van der Waals surface area (Å²) in [5.74, 6) is 0.246. The van der Waals surface area contributed by atoms with E-state index >= 15 is 0 Å². The normalized spacial score (nSPS) is 11.8. The first-order valence-electron chi connectivity index (χ1n) is 9.29. The molecule has 152 valence electrons. The van der Waals surface area contributed by atoms with E-state index < -0.39 is 6.04 Å². The van der Waals surface area contributed by atoms with Gasteiger partial charge in [0.2, 0.25) is 11.8 Å². The molecule has 1 unspecified atom stereocenters. The molecule has 0 saturated carbocycles. The second-order valence-corrected chi connectivity index (χ2v) is 7.28. The SMILES string of the molecule is CCc1ccccc1-n1cnnc1SCC(=O)NC(C)C(=O)NCc1ccco1. The molecule has 29 heavy (non-hydrogen) atoms. The van der Waals surface area contributed by atoms with Crippen LogP contribution in [-0.2, 0) is 22.6 Å². The molecule has 1 aromatic carbocycles. The number of nitrogens with one attached hydrogen (secondary N) is 2. The lowest BCUT2D eigenvalue weighted by atomic mass is 10.1. The number of para-hydroxylation sites is 1. The van der Waals surface area contributed by atoms with Crippen molar-refractivity contribution in [1.82, 2.24) is 25.4 Å². The first-order chi connectivity index (χ1) is 14.1. The summed E-state index contributed by atoms with van der Waals surface area (Å²) in [7, 11) is 0. The molecule has 3 rings (SSSR count). The maximum Gasteiger partial charge on any atom is 0.242 e. The molecule has 1 atom stereocenters. The monoisotopic (exact) mass is 413 g/mol. The number of hydrogen-bond acceptors (Lipinski definition) is 6. The fourth-order valence-electron chi connectivity index (χ4n) is 2.75. The van der Waals surface area contributed by atoms with Crippen molar-refractivity contribution >= 4 is 23.6 Å². The molecule has 0 aliphatic heterocycles. The Hall–Kier alpha value is -3.07. The van der Waals surface area contributed by atoms with E-state index in [2.05, 4.69) is 33.8 Å². The molecule has 2 heterocycles. The number of nitrogens with zero attached hydrogens (tertiary/aromatic N) is 3. The van der Waals surface area contributed by atoms with Gasteiger partial charge in [0.05, 0.1) is 24.2 Å². The lowest BCUT2D eigenvalue weighted by Gasteiger charge is -2.14. The first-order valence-corrected chi connectivity index (χ1v) is 10.3. The molecule has 0 saturated heterocycles. The van der Waals surface area contributed by atoms with Crippen LogP contribution in [0, 0.1) is 0 Å². The zero-order valence-electron chi connectivity index (χ0n) is 16.3. The number of carbonyl (C=O) groups excluding carboxylic acids is 2. The van der Waals surface area contributed by atoms with Crippen LogP contribution in [0.25, 0.3) is 5.69 Å². The molecule has 8 nitrogen and oxygen atoms in total. The van der Waals surface area contributed by atoms with Gasteiger partial charge in [0.25, 0.3) is 0 Å². The summed E-state index contributed by atoms with van der Waals surface area (Å²) in [6.07, 6.45) is 4.06. The highest BCUT2D eigenvalue weighted by Gasteiger charge is 2.17. The minimum absolute atomic E-state index is 0.128. The molecule has 2 N–H and O–H groups in total. The van der Waals surface area contributed by atoms with Crippen LogP contribution in [-0.4, -0.2) is 38.4 Å². The smallest absolute Gasteiger partial charge is 0.242 e. The van der Waals surface area contributed by atoms with Crippen LogP contribution in [0.1, 0.15) is 25.2 Å². The van der Waals surface area contributed by atoms with Crippen LogP contribution in [0.2, 0.25) is 0 Å². The van der Waals surface area contributed by atoms with E-state index in [1.54, 1.807) is 31.6 Å². The van der Waals surface area contributed by atoms with Gasteiger partial charge in [0, 0.05) is 0 Å². The Morgan fingerprint density at radius 1 is 1.24 bits per heavy atom. The number of aromatic nitrogens is 3. The van der Waals surface area contributed by atoms with Gasteiger partial charge in [-0.15, -0.1) is 10.2 Å². The number of carbonyl (C=O) groups is 2. The van der Waals surface area contributed by atoms with Gasteiger partial charge in [-0.25, -0.2) is 0 Å². The highest BCUT2D eigenvalue weighted by Crippen LogP contribution is 2.22. The van der Waals surface area contributed by atoms with Crippen LogP contribution >= 0.6 is 11.8 Å². The van der Waals surface area contributed by atoms with Crippen molar-refractivity contribution in [3.8, 4) is 5.69 Å². The van der Waals surface area contributed by atoms with Crippen LogP contribution in [0.5, 0.6) is 0 Å². The van der Waals surface area contributed by atoms with Gasteiger partial charge in [0.1, 0.15) is 18.1 Å². The maximum atomic E-state index is 12.3. The zero-order valence-corrected chi connectivity index (χ0v) is 17.1. The van der Waals surface area contributed by atoms with E-state index in [0.29, 0.717) is 10.9 Å². The van der Waals surface area contributed by atoms with E-state index in [1.165, 1.54) is 17.3 Å². The highest BCUT2D eigenvalue weighted by molar-refractivity contribution is 7.99. The first kappa shape index (κ1) is 20.7. The summed E-state index contributed by atoms with van der Waals surface area (Å²) in [5, 5.41) is 14.1. The van der Waals surface area contributed by atoms with Gasteiger partial charge in [-0.1, -0.05) is 36.9 Å². The van der Waals surface area contributed by atoms with E-state index in [9.17, 15) is 9.59 Å². The third-order valence-corrected chi connectivity index (χ3v) is 5.21. The lowest BCUT2D eigenvalue weighted by molar-refractivity contribution is -0.127. The van der Waals surface area contributed by atoms with Crippen LogP contribution in [0.3, 0.4) is 0 Å². The standard InChI is InChI=1S/C20H23N5O3S/c1-3-15-7-4-5-9-17(15)25-13-22-24-20(25)29-12-18(26)23-14(2)19(27)21-11-16-8-6-10-28-16/h4-10,13-14H,3,11-12H2,1-2H3,(H,21,27)(H,23,26). The van der Waals surface area contributed by atoms with Crippen molar-refractivity contribution in [2.24, 2.45) is 0 Å². The topological polar surface area (TPSA) is 102 Å². The predicted molar refractivity (Wildman–Crippen MR) is 110 cm³/mol. The molecule has 2 amide bonds. The van der Waals surface area contributed by atoms with Crippen molar-refractivity contribution in [2.75, 3.05) is 5.75 Å². The summed E-state index contributed by atoms with van der Waals surface area (Å²) < 4.78 is 7.04. The third-order valence-electron chi connectivity index (χ3n) is 4.27. The number of thioether (sulfide) groups is 1. The molecule has 0 radical (unpaired) electrons. The second kappa shape index (κ2) is 9.92. The molecule has 0 aliphatic rings. The Kier molecular flexibility index (Phi) is 7.07. The largest absolute Gasteiger partial charge is 0.467 e. The molecule has 3 aromatic rings. The molecule has 0 aliphatic carbocycles. The van der Waals surface area contributed by atoms with Crippen LogP contribution in [0.4, 0.5) is 0 Å². The summed E-state index contributed by atoms with van der Waals surface area (Å²) in [4.78, 5) is 24.4. The van der Waals surface area contributed by atoms with Gasteiger partial charge >= 0.3 is 0 Å². The Bertz CT molecular complexity index is 955. The summed E-state index contributed by atoms with van der Waals surface area (Å²) >= 11 is 1.27. The number of hydrogen-bond donors (Lipinski definition) is 2. The summed E-state index contributed by atoms with van der Waals surface area (Å²) in [5.41, 5.74) is 2.16. The average Bonchev–Trinajstić information content (AvgIpc) is 3.42. The number of furan rings is 1. The highest BCUT2D eigenvalue weighted by atomic mass is 32.2. The maximum absolute atomic E-state index is 12.3. The number of aryl methyl sites for hydroxylation is 1. The second-order valence-electron chi connectivity index (χ2n) is 6.34. The molecule has 0 bridgehead atoms. The zero-order chi connectivity index (χ0) is 20.6. The lowest BCUT2D eigenvalue weighted by Crippen LogP contribution is -2.45. The Morgan fingerprint density at radius 2 is 2.07 bits per heavy atom. The fraction of sp³-hybridized carbons (Fsp3) is 0.300. The van der Waals surface area contributed by atoms with Crippen molar-refractivity contribution in [3.63, 3.8) is 0 Å². The number of benzene rings is 1. The molecular weight excluding hydrogens is 390 g/mol. The van der Waals surface area contributed by atoms with E-state index in [1.807, 2.05) is 22.8 Å². The quantitative estimate of drug-likeness (QED) is 0.522. The number of rotatable bonds is 9. The number of amides is 2. The van der Waals surface area contributed by atoms with E-state index in [-0.39, 0.29) is 24.1 Å². The molecule has 0 spiro atoms. The molecule has 0 fully saturated rings. The van der Waals surface area contributed by atoms with Gasteiger partial charge in [-0.2, -0.15) is 0 Å². The van der Waals surface area contributed by atoms with E-state index in [0.717, 1.165) is 12.1 Å². The predicted octanol–water partition coefficient (Wildman–Crippen LogP) is 2.34. The minimum atomic E-state index is -0.656. The van der Waals surface area contributed by atoms with Gasteiger partial charge in [-0.3, -0.25) is 14.2 Å². The van der Waals surface area contributed by atoms with Crippen molar-refractivity contribution in [1.29, 1.82) is 0 Å². The molecular formula is C20H23N5O3S.